The predicted octanol–water partition coefficient (Wildman–Crippen LogP) is 1.72. The lowest BCUT2D eigenvalue weighted by Crippen LogP contribution is -2.51. The van der Waals surface area contributed by atoms with Crippen LogP contribution in [0.25, 0.3) is 0 Å². The van der Waals surface area contributed by atoms with Crippen LogP contribution in [0.15, 0.2) is 30.3 Å². The quantitative estimate of drug-likeness (QED) is 0.708. The van der Waals surface area contributed by atoms with Gasteiger partial charge in [0.15, 0.2) is 0 Å². The molecule has 2 aliphatic heterocycles. The Morgan fingerprint density at radius 2 is 1.80 bits per heavy atom. The van der Waals surface area contributed by atoms with Crippen LogP contribution < -0.4 is 10.6 Å². The highest BCUT2D eigenvalue weighted by Crippen LogP contribution is 2.23. The smallest absolute Gasteiger partial charge is 0.319 e. The van der Waals surface area contributed by atoms with Gasteiger partial charge in [-0.1, -0.05) is 30.3 Å². The predicted molar refractivity (Wildman–Crippen MR) is 116 cm³/mol. The van der Waals surface area contributed by atoms with Crippen molar-refractivity contribution < 1.29 is 14.3 Å². The van der Waals surface area contributed by atoms with Crippen molar-refractivity contribution in [2.75, 3.05) is 53.5 Å². The summed E-state index contributed by atoms with van der Waals surface area (Å²) in [6.07, 6.45) is 2.97. The van der Waals surface area contributed by atoms with E-state index in [0.717, 1.165) is 57.7 Å². The monoisotopic (exact) mass is 417 g/mol. The summed E-state index contributed by atoms with van der Waals surface area (Å²) >= 11 is 0. The van der Waals surface area contributed by atoms with Crippen LogP contribution in [0.2, 0.25) is 0 Å². The van der Waals surface area contributed by atoms with E-state index in [1.54, 1.807) is 19.0 Å². The number of carbonyl (C=O) groups excluding carboxylic acids is 2. The molecule has 2 N–H and O–H groups in total. The Morgan fingerprint density at radius 1 is 1.07 bits per heavy atom. The minimum Gasteiger partial charge on any atom is -0.381 e. The highest BCUT2D eigenvalue weighted by molar-refractivity contribution is 5.74. The Bertz CT molecular complexity index is 679. The average Bonchev–Trinajstić information content (AvgIpc) is 3.25. The second-order valence-corrected chi connectivity index (χ2v) is 8.24. The molecule has 0 spiro atoms. The van der Waals surface area contributed by atoms with E-state index in [1.165, 1.54) is 0 Å². The second-order valence-electron chi connectivity index (χ2n) is 8.24. The van der Waals surface area contributed by atoms with E-state index >= 15 is 0 Å². The molecule has 2 aliphatic rings. The Labute approximate surface area is 179 Å². The highest BCUT2D eigenvalue weighted by Gasteiger charge is 2.34. The van der Waals surface area contributed by atoms with Crippen LogP contribution in [0.5, 0.6) is 0 Å². The van der Waals surface area contributed by atoms with Crippen LogP contribution in [-0.2, 0) is 11.3 Å². The first-order valence-corrected chi connectivity index (χ1v) is 10.9. The molecule has 2 fully saturated rings. The Kier molecular flexibility index (Phi) is 8.33. The molecule has 8 nitrogen and oxygen atoms in total. The van der Waals surface area contributed by atoms with Gasteiger partial charge in [0.25, 0.3) is 0 Å². The van der Waals surface area contributed by atoms with Gasteiger partial charge in [-0.2, -0.15) is 0 Å². The van der Waals surface area contributed by atoms with Gasteiger partial charge in [0, 0.05) is 72.1 Å². The summed E-state index contributed by atoms with van der Waals surface area (Å²) in [5, 5.41) is 5.90. The highest BCUT2D eigenvalue weighted by atomic mass is 16.5. The molecule has 0 bridgehead atoms. The minimum absolute atomic E-state index is 0.0721. The number of carbonyl (C=O) groups is 2. The second kappa shape index (κ2) is 11.2. The number of hydrogen-bond donors (Lipinski definition) is 2. The standard InChI is InChI=1S/C22H35N5O3/c1-25(2)22(29)26-12-8-20(17-26)27(19-9-14-30-15-10-19)13-11-23-21(28)24-16-18-6-4-3-5-7-18/h3-7,19-20H,8-17H2,1-2H3,(H2,23,24,28). The fraction of sp³-hybridized carbons (Fsp3) is 0.636. The topological polar surface area (TPSA) is 77.2 Å². The molecule has 1 unspecified atom stereocenters. The molecule has 0 aliphatic carbocycles. The Morgan fingerprint density at radius 3 is 2.50 bits per heavy atom. The van der Waals surface area contributed by atoms with Crippen molar-refractivity contribution >= 4 is 12.1 Å². The molecule has 4 amide bonds. The van der Waals surface area contributed by atoms with Gasteiger partial charge in [-0.25, -0.2) is 9.59 Å². The summed E-state index contributed by atoms with van der Waals surface area (Å²) in [5.41, 5.74) is 1.08. The first-order chi connectivity index (χ1) is 14.5. The van der Waals surface area contributed by atoms with E-state index in [2.05, 4.69) is 15.5 Å². The molecule has 2 saturated heterocycles. The number of hydrogen-bond acceptors (Lipinski definition) is 4. The first-order valence-electron chi connectivity index (χ1n) is 10.9. The Balaban J connectivity index is 1.49. The number of benzene rings is 1. The maximum absolute atomic E-state index is 12.3. The maximum Gasteiger partial charge on any atom is 0.319 e. The zero-order chi connectivity index (χ0) is 21.3. The van der Waals surface area contributed by atoms with Crippen LogP contribution in [-0.4, -0.2) is 92.3 Å². The molecule has 3 rings (SSSR count). The van der Waals surface area contributed by atoms with E-state index in [0.29, 0.717) is 25.2 Å². The largest absolute Gasteiger partial charge is 0.381 e. The number of amides is 4. The molecule has 30 heavy (non-hydrogen) atoms. The van der Waals surface area contributed by atoms with E-state index in [1.807, 2.05) is 35.2 Å². The molecule has 8 heteroatoms. The summed E-state index contributed by atoms with van der Waals surface area (Å²) < 4.78 is 5.54. The zero-order valence-corrected chi connectivity index (χ0v) is 18.2. The van der Waals surface area contributed by atoms with Gasteiger partial charge in [0.2, 0.25) is 0 Å². The van der Waals surface area contributed by atoms with Gasteiger partial charge in [0.1, 0.15) is 0 Å². The summed E-state index contributed by atoms with van der Waals surface area (Å²) in [6, 6.07) is 10.6. The molecular formula is C22H35N5O3. The number of nitrogens with one attached hydrogen (secondary N) is 2. The van der Waals surface area contributed by atoms with Crippen molar-refractivity contribution in [3.63, 3.8) is 0 Å². The van der Waals surface area contributed by atoms with Gasteiger partial charge in [-0.3, -0.25) is 4.90 Å². The summed E-state index contributed by atoms with van der Waals surface area (Å²) in [6.45, 7) is 4.95. The fourth-order valence-corrected chi connectivity index (χ4v) is 4.29. The summed E-state index contributed by atoms with van der Waals surface area (Å²) in [5.74, 6) is 0. The third kappa shape index (κ3) is 6.34. The molecule has 2 heterocycles. The van der Waals surface area contributed by atoms with Crippen LogP contribution in [0.1, 0.15) is 24.8 Å². The number of likely N-dealkylation sites (tertiary alicyclic amines) is 1. The van der Waals surface area contributed by atoms with Crippen LogP contribution in [0, 0.1) is 0 Å². The third-order valence-corrected chi connectivity index (χ3v) is 5.90. The molecule has 166 valence electrons. The van der Waals surface area contributed by atoms with Crippen LogP contribution in [0.4, 0.5) is 9.59 Å². The van der Waals surface area contributed by atoms with Crippen molar-refractivity contribution in [1.29, 1.82) is 0 Å². The molecule has 1 atom stereocenters. The van der Waals surface area contributed by atoms with Gasteiger partial charge in [-0.15, -0.1) is 0 Å². The first kappa shape index (κ1) is 22.4. The van der Waals surface area contributed by atoms with Crippen molar-refractivity contribution in [3.05, 3.63) is 35.9 Å². The van der Waals surface area contributed by atoms with E-state index in [4.69, 9.17) is 4.74 Å². The fourth-order valence-electron chi connectivity index (χ4n) is 4.29. The van der Waals surface area contributed by atoms with Crippen molar-refractivity contribution in [1.82, 2.24) is 25.3 Å². The molecule has 0 aromatic heterocycles. The van der Waals surface area contributed by atoms with Crippen LogP contribution >= 0.6 is 0 Å². The third-order valence-electron chi connectivity index (χ3n) is 5.90. The lowest BCUT2D eigenvalue weighted by Gasteiger charge is -2.38. The Hall–Kier alpha value is -2.32. The van der Waals surface area contributed by atoms with E-state index in [-0.39, 0.29) is 12.1 Å². The van der Waals surface area contributed by atoms with Gasteiger partial charge in [-0.05, 0) is 24.8 Å². The molecule has 1 aromatic carbocycles. The van der Waals surface area contributed by atoms with E-state index < -0.39 is 0 Å². The zero-order valence-electron chi connectivity index (χ0n) is 18.2. The average molecular weight is 418 g/mol. The minimum atomic E-state index is -0.151. The summed E-state index contributed by atoms with van der Waals surface area (Å²) in [7, 11) is 3.59. The van der Waals surface area contributed by atoms with Gasteiger partial charge in [0.05, 0.1) is 0 Å². The lowest BCUT2D eigenvalue weighted by atomic mass is 10.0. The summed E-state index contributed by atoms with van der Waals surface area (Å²) in [4.78, 5) is 30.6. The van der Waals surface area contributed by atoms with Crippen molar-refractivity contribution in [2.45, 2.75) is 37.9 Å². The molecule has 0 saturated carbocycles. The molecule has 1 aromatic rings. The van der Waals surface area contributed by atoms with Crippen molar-refractivity contribution in [3.8, 4) is 0 Å². The number of rotatable bonds is 7. The van der Waals surface area contributed by atoms with Crippen LogP contribution in [0.3, 0.4) is 0 Å². The molecular weight excluding hydrogens is 382 g/mol. The lowest BCUT2D eigenvalue weighted by molar-refractivity contribution is 0.0191. The number of nitrogens with zero attached hydrogens (tertiary/aromatic N) is 3. The number of urea groups is 2. The number of ether oxygens (including phenoxy) is 1. The normalized spacial score (nSPS) is 19.7. The van der Waals surface area contributed by atoms with E-state index in [9.17, 15) is 9.59 Å². The SMILES string of the molecule is CN(C)C(=O)N1CCC(N(CCNC(=O)NCc2ccccc2)C2CCOCC2)C1. The van der Waals surface area contributed by atoms with Crippen molar-refractivity contribution in [2.24, 2.45) is 0 Å². The molecule has 0 radical (unpaired) electrons. The van der Waals surface area contributed by atoms with Gasteiger partial charge >= 0.3 is 12.1 Å². The van der Waals surface area contributed by atoms with Gasteiger partial charge < -0.3 is 25.2 Å². The maximum atomic E-state index is 12.3.